The maximum atomic E-state index is 13.0. The number of benzene rings is 1. The zero-order valence-corrected chi connectivity index (χ0v) is 20.0. The summed E-state index contributed by atoms with van der Waals surface area (Å²) >= 11 is 7.85. The molecule has 10 nitrogen and oxygen atoms in total. The van der Waals surface area contributed by atoms with Gasteiger partial charge in [0.25, 0.3) is 5.56 Å². The summed E-state index contributed by atoms with van der Waals surface area (Å²) in [5.74, 6) is -0.100. The lowest BCUT2D eigenvalue weighted by Gasteiger charge is -2.34. The first-order valence-corrected chi connectivity index (χ1v) is 11.6. The molecule has 4 aromatic rings. The van der Waals surface area contributed by atoms with Crippen LogP contribution < -0.4 is 16.1 Å². The topological polar surface area (TPSA) is 98.3 Å². The molecule has 0 aliphatic carbocycles. The molecule has 33 heavy (non-hydrogen) atoms. The molecule has 0 atom stereocenters. The molecule has 1 aliphatic rings. The molecule has 0 radical (unpaired) electrons. The first kappa shape index (κ1) is 21.7. The summed E-state index contributed by atoms with van der Waals surface area (Å²) in [5.41, 5.74) is 1.50. The SMILES string of the molecule is Cc1c(Cl)ccc2sc(N3CCN(C(=O)Cn4cnc5c4c(=O)n(C)c(=O)n5C)CC3)nc12. The molecular weight excluding hydrogens is 466 g/mol. The number of piperazine rings is 1. The Kier molecular flexibility index (Phi) is 5.25. The molecule has 0 N–H and O–H groups in total. The molecule has 5 rings (SSSR count). The Morgan fingerprint density at radius 3 is 2.58 bits per heavy atom. The Bertz CT molecular complexity index is 1520. The van der Waals surface area contributed by atoms with Crippen LogP contribution >= 0.6 is 22.9 Å². The minimum Gasteiger partial charge on any atom is -0.345 e. The highest BCUT2D eigenvalue weighted by atomic mass is 35.5. The number of nitrogens with zero attached hydrogens (tertiary/aromatic N) is 7. The summed E-state index contributed by atoms with van der Waals surface area (Å²) in [4.78, 5) is 50.6. The number of imidazole rings is 1. The van der Waals surface area contributed by atoms with Gasteiger partial charge in [-0.3, -0.25) is 18.7 Å². The number of hydrogen-bond acceptors (Lipinski definition) is 7. The van der Waals surface area contributed by atoms with E-state index in [0.29, 0.717) is 31.2 Å². The average molecular weight is 488 g/mol. The first-order chi connectivity index (χ1) is 15.8. The second-order valence-electron chi connectivity index (χ2n) is 8.13. The van der Waals surface area contributed by atoms with Crippen LogP contribution in [0.2, 0.25) is 5.02 Å². The van der Waals surface area contributed by atoms with Crippen LogP contribution in [0.15, 0.2) is 28.0 Å². The van der Waals surface area contributed by atoms with Crippen molar-refractivity contribution in [3.05, 3.63) is 49.9 Å². The molecular formula is C21H22ClN7O3S. The fraction of sp³-hybridized carbons (Fsp3) is 0.381. The number of fused-ring (bicyclic) bond motifs is 2. The number of halogens is 1. The van der Waals surface area contributed by atoms with Gasteiger partial charge in [0.15, 0.2) is 16.3 Å². The summed E-state index contributed by atoms with van der Waals surface area (Å²) < 4.78 is 4.94. The smallest absolute Gasteiger partial charge is 0.332 e. The Labute approximate surface area is 197 Å². The highest BCUT2D eigenvalue weighted by Crippen LogP contribution is 2.33. The van der Waals surface area contributed by atoms with Gasteiger partial charge in [0.1, 0.15) is 6.54 Å². The predicted octanol–water partition coefficient (Wildman–Crippen LogP) is 1.35. The minimum absolute atomic E-state index is 0.0111. The van der Waals surface area contributed by atoms with E-state index in [1.807, 2.05) is 19.1 Å². The molecule has 1 amide bonds. The molecule has 0 saturated carbocycles. The van der Waals surface area contributed by atoms with Gasteiger partial charge in [0.05, 0.1) is 16.5 Å². The van der Waals surface area contributed by atoms with Crippen LogP contribution in [-0.2, 0) is 25.4 Å². The molecule has 1 aromatic carbocycles. The summed E-state index contributed by atoms with van der Waals surface area (Å²) in [7, 11) is 2.97. The third-order valence-electron chi connectivity index (χ3n) is 6.16. The number of aromatic nitrogens is 5. The van der Waals surface area contributed by atoms with Crippen molar-refractivity contribution in [3.8, 4) is 0 Å². The van der Waals surface area contributed by atoms with E-state index >= 15 is 0 Å². The third-order valence-corrected chi connectivity index (χ3v) is 7.65. The lowest BCUT2D eigenvalue weighted by atomic mass is 10.2. The van der Waals surface area contributed by atoms with E-state index < -0.39 is 11.2 Å². The third kappa shape index (κ3) is 3.51. The van der Waals surface area contributed by atoms with Crippen LogP contribution in [0.3, 0.4) is 0 Å². The number of rotatable bonds is 3. The Morgan fingerprint density at radius 1 is 1.12 bits per heavy atom. The van der Waals surface area contributed by atoms with Crippen LogP contribution in [0.25, 0.3) is 21.4 Å². The summed E-state index contributed by atoms with van der Waals surface area (Å²) in [6, 6.07) is 3.88. The molecule has 0 bridgehead atoms. The summed E-state index contributed by atoms with van der Waals surface area (Å²) in [6.07, 6.45) is 1.44. The number of amides is 1. The van der Waals surface area contributed by atoms with Crippen molar-refractivity contribution in [2.24, 2.45) is 14.1 Å². The number of hydrogen-bond donors (Lipinski definition) is 0. The molecule has 1 saturated heterocycles. The zero-order chi connectivity index (χ0) is 23.4. The van der Waals surface area contributed by atoms with Crippen LogP contribution in [0, 0.1) is 6.92 Å². The van der Waals surface area contributed by atoms with Crippen molar-refractivity contribution in [2.75, 3.05) is 31.1 Å². The second kappa shape index (κ2) is 7.99. The Morgan fingerprint density at radius 2 is 1.85 bits per heavy atom. The number of thiazole rings is 1. The number of carbonyl (C=O) groups excluding carboxylic acids is 1. The fourth-order valence-electron chi connectivity index (χ4n) is 4.13. The van der Waals surface area contributed by atoms with Crippen LogP contribution in [0.1, 0.15) is 5.56 Å². The average Bonchev–Trinajstić information content (AvgIpc) is 3.44. The minimum atomic E-state index is -0.463. The monoisotopic (exact) mass is 487 g/mol. The van der Waals surface area contributed by atoms with Crippen LogP contribution in [0.4, 0.5) is 5.13 Å². The largest absolute Gasteiger partial charge is 0.345 e. The van der Waals surface area contributed by atoms with Gasteiger partial charge in [-0.15, -0.1) is 0 Å². The van der Waals surface area contributed by atoms with Gasteiger partial charge in [-0.2, -0.15) is 0 Å². The van der Waals surface area contributed by atoms with Gasteiger partial charge in [0, 0.05) is 45.3 Å². The number of carbonyl (C=O) groups is 1. The van der Waals surface area contributed by atoms with Gasteiger partial charge >= 0.3 is 5.69 Å². The number of anilines is 1. The van der Waals surface area contributed by atoms with Gasteiger partial charge in [-0.05, 0) is 24.6 Å². The molecule has 172 valence electrons. The van der Waals surface area contributed by atoms with Gasteiger partial charge in [-0.25, -0.2) is 14.8 Å². The van der Waals surface area contributed by atoms with Gasteiger partial charge in [-0.1, -0.05) is 22.9 Å². The maximum Gasteiger partial charge on any atom is 0.332 e. The van der Waals surface area contributed by atoms with Crippen molar-refractivity contribution in [1.82, 2.24) is 28.6 Å². The second-order valence-corrected chi connectivity index (χ2v) is 9.55. The summed E-state index contributed by atoms with van der Waals surface area (Å²) in [6.45, 7) is 4.40. The van der Waals surface area contributed by atoms with Crippen LogP contribution in [-0.4, -0.2) is 60.7 Å². The van der Waals surface area contributed by atoms with Crippen molar-refractivity contribution in [2.45, 2.75) is 13.5 Å². The molecule has 12 heteroatoms. The van der Waals surface area contributed by atoms with E-state index in [4.69, 9.17) is 16.6 Å². The molecule has 1 fully saturated rings. The lowest BCUT2D eigenvalue weighted by Crippen LogP contribution is -2.49. The van der Waals surface area contributed by atoms with E-state index in [1.165, 1.54) is 22.5 Å². The van der Waals surface area contributed by atoms with Gasteiger partial charge in [0.2, 0.25) is 5.91 Å². The maximum absolute atomic E-state index is 13.0. The van der Waals surface area contributed by atoms with E-state index in [9.17, 15) is 14.4 Å². The van der Waals surface area contributed by atoms with Crippen molar-refractivity contribution >= 4 is 55.4 Å². The van der Waals surface area contributed by atoms with Crippen molar-refractivity contribution in [3.63, 3.8) is 0 Å². The Balaban J connectivity index is 1.31. The van der Waals surface area contributed by atoms with E-state index in [2.05, 4.69) is 9.88 Å². The fourth-order valence-corrected chi connectivity index (χ4v) is 5.36. The number of aryl methyl sites for hydroxylation is 2. The van der Waals surface area contributed by atoms with E-state index in [1.54, 1.807) is 23.3 Å². The lowest BCUT2D eigenvalue weighted by molar-refractivity contribution is -0.132. The Hall–Kier alpha value is -3.18. The highest BCUT2D eigenvalue weighted by Gasteiger charge is 2.25. The molecule has 4 heterocycles. The zero-order valence-electron chi connectivity index (χ0n) is 18.4. The molecule has 0 spiro atoms. The van der Waals surface area contributed by atoms with Crippen molar-refractivity contribution < 1.29 is 4.79 Å². The molecule has 3 aromatic heterocycles. The van der Waals surface area contributed by atoms with E-state index in [-0.39, 0.29) is 23.6 Å². The quantitative estimate of drug-likeness (QED) is 0.432. The molecule has 1 aliphatic heterocycles. The van der Waals surface area contributed by atoms with Crippen molar-refractivity contribution in [1.29, 1.82) is 0 Å². The highest BCUT2D eigenvalue weighted by molar-refractivity contribution is 7.22. The summed E-state index contributed by atoms with van der Waals surface area (Å²) in [5, 5.41) is 1.63. The standard InChI is InChI=1S/C21H22ClN7O3S/c1-12-13(22)4-5-14-16(12)24-20(33-14)28-8-6-27(7-9-28)15(30)10-29-11-23-18-17(29)19(31)26(3)21(32)25(18)2/h4-5,11H,6-10H2,1-3H3. The van der Waals surface area contributed by atoms with Crippen LogP contribution in [0.5, 0.6) is 0 Å². The first-order valence-electron chi connectivity index (χ1n) is 10.5. The van der Waals surface area contributed by atoms with Gasteiger partial charge < -0.3 is 14.4 Å². The predicted molar refractivity (Wildman–Crippen MR) is 128 cm³/mol. The molecule has 0 unspecified atom stereocenters. The van der Waals surface area contributed by atoms with E-state index in [0.717, 1.165) is 25.5 Å². The normalized spacial score (nSPS) is 14.5.